The van der Waals surface area contributed by atoms with Gasteiger partial charge >= 0.3 is 0 Å². The molecule has 5 nitrogen and oxygen atoms in total. The number of hydrogen-bond acceptors (Lipinski definition) is 6. The summed E-state index contributed by atoms with van der Waals surface area (Å²) in [5, 5.41) is 2.95. The summed E-state index contributed by atoms with van der Waals surface area (Å²) in [7, 11) is 0. The summed E-state index contributed by atoms with van der Waals surface area (Å²) in [6.45, 7) is 0. The van der Waals surface area contributed by atoms with Gasteiger partial charge in [0.05, 0.1) is 21.7 Å². The van der Waals surface area contributed by atoms with Crippen molar-refractivity contribution in [2.75, 3.05) is 11.1 Å². The first-order valence-corrected chi connectivity index (χ1v) is 10.2. The minimum absolute atomic E-state index is 0.187. The fourth-order valence-electron chi connectivity index (χ4n) is 2.47. The second-order valence-corrected chi connectivity index (χ2v) is 7.82. The van der Waals surface area contributed by atoms with E-state index < -0.39 is 11.6 Å². The Bertz CT molecular complexity index is 1090. The first kappa shape index (κ1) is 18.6. The van der Waals surface area contributed by atoms with Crippen molar-refractivity contribution in [2.45, 2.75) is 5.75 Å². The van der Waals surface area contributed by atoms with Gasteiger partial charge in [0.2, 0.25) is 11.8 Å². The number of anilines is 1. The number of rotatable bonds is 6. The molecule has 0 radical (unpaired) electrons. The van der Waals surface area contributed by atoms with E-state index in [1.165, 1.54) is 11.8 Å². The molecule has 2 aromatic heterocycles. The van der Waals surface area contributed by atoms with E-state index in [9.17, 15) is 13.6 Å². The molecule has 0 atom stereocenters. The number of amides is 1. The van der Waals surface area contributed by atoms with Crippen LogP contribution in [-0.2, 0) is 10.5 Å². The Hall–Kier alpha value is -2.78. The maximum absolute atomic E-state index is 13.3. The molecule has 0 bridgehead atoms. The Balaban J connectivity index is 1.31. The zero-order valence-electron chi connectivity index (χ0n) is 14.3. The molecule has 4 aromatic rings. The van der Waals surface area contributed by atoms with Crippen LogP contribution in [0.4, 0.5) is 13.9 Å². The molecule has 28 heavy (non-hydrogen) atoms. The lowest BCUT2D eigenvalue weighted by Crippen LogP contribution is -2.13. The van der Waals surface area contributed by atoms with Gasteiger partial charge in [-0.1, -0.05) is 29.5 Å². The van der Waals surface area contributed by atoms with Gasteiger partial charge in [-0.05, 0) is 18.2 Å². The summed E-state index contributed by atoms with van der Waals surface area (Å²) in [6, 6.07) is 11.6. The van der Waals surface area contributed by atoms with E-state index in [-0.39, 0.29) is 11.7 Å². The van der Waals surface area contributed by atoms with Gasteiger partial charge in [-0.2, -0.15) is 0 Å². The number of hydrogen-bond donors (Lipinski definition) is 1. The fourth-order valence-corrected chi connectivity index (χ4v) is 4.06. The third-order valence-electron chi connectivity index (χ3n) is 3.73. The fraction of sp³-hybridized carbons (Fsp3) is 0.105. The minimum Gasteiger partial charge on any atom is -0.444 e. The number of thioether (sulfide) groups is 1. The van der Waals surface area contributed by atoms with Gasteiger partial charge in [0.1, 0.15) is 6.26 Å². The highest BCUT2D eigenvalue weighted by Gasteiger charge is 2.12. The van der Waals surface area contributed by atoms with Crippen LogP contribution in [0.3, 0.4) is 0 Å². The number of aromatic nitrogens is 2. The van der Waals surface area contributed by atoms with Crippen LogP contribution in [-0.4, -0.2) is 21.6 Å². The molecule has 1 amide bonds. The quantitative estimate of drug-likeness (QED) is 0.473. The van der Waals surface area contributed by atoms with E-state index in [0.29, 0.717) is 27.0 Å². The van der Waals surface area contributed by atoms with Crippen molar-refractivity contribution in [1.29, 1.82) is 0 Å². The summed E-state index contributed by atoms with van der Waals surface area (Å²) in [5.41, 5.74) is 1.94. The second-order valence-electron chi connectivity index (χ2n) is 5.80. The molecule has 0 aliphatic rings. The SMILES string of the molecule is O=C(CSCc1coc(-c2ccccc2)n1)Nc1nc2cc(F)c(F)cc2s1. The number of nitrogens with one attached hydrogen (secondary N) is 1. The van der Waals surface area contributed by atoms with Crippen LogP contribution < -0.4 is 5.32 Å². The Morgan fingerprint density at radius 3 is 2.75 bits per heavy atom. The molecule has 0 unspecified atom stereocenters. The van der Waals surface area contributed by atoms with E-state index in [2.05, 4.69) is 15.3 Å². The van der Waals surface area contributed by atoms with Gasteiger partial charge in [-0.15, -0.1) is 11.8 Å². The summed E-state index contributed by atoms with van der Waals surface area (Å²) in [4.78, 5) is 20.6. The van der Waals surface area contributed by atoms with Crippen molar-refractivity contribution < 1.29 is 18.0 Å². The van der Waals surface area contributed by atoms with E-state index >= 15 is 0 Å². The molecule has 9 heteroatoms. The minimum atomic E-state index is -0.964. The van der Waals surface area contributed by atoms with Crippen LogP contribution in [0.15, 0.2) is 53.1 Å². The second kappa shape index (κ2) is 8.07. The van der Waals surface area contributed by atoms with Crippen molar-refractivity contribution in [3.63, 3.8) is 0 Å². The van der Waals surface area contributed by atoms with E-state index in [1.807, 2.05) is 30.3 Å². The maximum atomic E-state index is 13.3. The first-order valence-electron chi connectivity index (χ1n) is 8.21. The van der Waals surface area contributed by atoms with Crippen molar-refractivity contribution >= 4 is 44.4 Å². The highest BCUT2D eigenvalue weighted by atomic mass is 32.2. The summed E-state index contributed by atoms with van der Waals surface area (Å²) < 4.78 is 32.4. The van der Waals surface area contributed by atoms with Gasteiger partial charge in [0, 0.05) is 17.4 Å². The average molecular weight is 417 g/mol. The Morgan fingerprint density at radius 1 is 1.14 bits per heavy atom. The normalized spacial score (nSPS) is 11.1. The van der Waals surface area contributed by atoms with E-state index in [1.54, 1.807) is 6.26 Å². The standard InChI is InChI=1S/C19H13F2N3O2S2/c20-13-6-15-16(7-14(13)21)28-19(23-15)24-17(25)10-27-9-12-8-26-18(22-12)11-4-2-1-3-5-11/h1-8H,9-10H2,(H,23,24,25). The molecule has 2 heterocycles. The molecule has 0 saturated heterocycles. The summed E-state index contributed by atoms with van der Waals surface area (Å²) >= 11 is 2.47. The van der Waals surface area contributed by atoms with Crippen molar-refractivity contribution in [1.82, 2.24) is 9.97 Å². The Kier molecular flexibility index (Phi) is 5.36. The summed E-state index contributed by atoms with van der Waals surface area (Å²) in [6.07, 6.45) is 1.57. The lowest BCUT2D eigenvalue weighted by Gasteiger charge is -2.00. The predicted molar refractivity (Wildman–Crippen MR) is 106 cm³/mol. The van der Waals surface area contributed by atoms with Crippen LogP contribution >= 0.6 is 23.1 Å². The number of benzene rings is 2. The monoisotopic (exact) mass is 417 g/mol. The van der Waals surface area contributed by atoms with Crippen LogP contribution in [0, 0.1) is 11.6 Å². The van der Waals surface area contributed by atoms with Crippen LogP contribution in [0.1, 0.15) is 5.69 Å². The lowest BCUT2D eigenvalue weighted by atomic mass is 10.2. The molecule has 1 N–H and O–H groups in total. The first-order chi connectivity index (χ1) is 13.6. The van der Waals surface area contributed by atoms with E-state index in [0.717, 1.165) is 34.7 Å². The number of fused-ring (bicyclic) bond motifs is 1. The van der Waals surface area contributed by atoms with Gasteiger partial charge in [-0.3, -0.25) is 4.79 Å². The number of nitrogens with zero attached hydrogens (tertiary/aromatic N) is 2. The van der Waals surface area contributed by atoms with Gasteiger partial charge in [0.15, 0.2) is 16.8 Å². The molecule has 0 aliphatic carbocycles. The van der Waals surface area contributed by atoms with Crippen molar-refractivity contribution in [3.8, 4) is 11.5 Å². The van der Waals surface area contributed by atoms with Gasteiger partial charge in [-0.25, -0.2) is 18.7 Å². The molecule has 0 fully saturated rings. The molecule has 0 saturated carbocycles. The highest BCUT2D eigenvalue weighted by molar-refractivity contribution is 7.99. The number of oxazole rings is 1. The van der Waals surface area contributed by atoms with Crippen LogP contribution in [0.5, 0.6) is 0 Å². The van der Waals surface area contributed by atoms with Crippen molar-refractivity contribution in [2.24, 2.45) is 0 Å². The number of carbonyl (C=O) groups is 1. The number of halogens is 2. The molecular formula is C19H13F2N3O2S2. The topological polar surface area (TPSA) is 68.0 Å². The largest absolute Gasteiger partial charge is 0.444 e. The average Bonchev–Trinajstić information content (AvgIpc) is 3.29. The third kappa shape index (κ3) is 4.20. The zero-order chi connectivity index (χ0) is 19.5. The van der Waals surface area contributed by atoms with Gasteiger partial charge < -0.3 is 9.73 Å². The molecule has 2 aromatic carbocycles. The van der Waals surface area contributed by atoms with Crippen LogP contribution in [0.25, 0.3) is 21.7 Å². The maximum Gasteiger partial charge on any atom is 0.236 e. The van der Waals surface area contributed by atoms with Crippen LogP contribution in [0.2, 0.25) is 0 Å². The Morgan fingerprint density at radius 2 is 1.93 bits per heavy atom. The van der Waals surface area contributed by atoms with Crippen molar-refractivity contribution in [3.05, 3.63) is 66.1 Å². The predicted octanol–water partition coefficient (Wildman–Crippen LogP) is 5.10. The number of thiazole rings is 1. The molecule has 0 aliphatic heterocycles. The third-order valence-corrected chi connectivity index (χ3v) is 5.63. The highest BCUT2D eigenvalue weighted by Crippen LogP contribution is 2.28. The van der Waals surface area contributed by atoms with E-state index in [4.69, 9.17) is 4.42 Å². The molecule has 0 spiro atoms. The zero-order valence-corrected chi connectivity index (χ0v) is 15.9. The molecule has 142 valence electrons. The summed E-state index contributed by atoms with van der Waals surface area (Å²) in [5.74, 6) is -0.918. The Labute approximate surface area is 166 Å². The lowest BCUT2D eigenvalue weighted by molar-refractivity contribution is -0.113. The number of carbonyl (C=O) groups excluding carboxylic acids is 1. The smallest absolute Gasteiger partial charge is 0.236 e. The van der Waals surface area contributed by atoms with Gasteiger partial charge in [0.25, 0.3) is 0 Å². The molecular weight excluding hydrogens is 404 g/mol. The molecule has 4 rings (SSSR count).